The van der Waals surface area contributed by atoms with E-state index in [2.05, 4.69) is 79.8 Å². The van der Waals surface area contributed by atoms with Gasteiger partial charge in [-0.05, 0) is 39.7 Å². The van der Waals surface area contributed by atoms with E-state index in [9.17, 15) is 5.11 Å². The molecule has 148 valence electrons. The highest BCUT2D eigenvalue weighted by Crippen LogP contribution is 2.29. The molecule has 4 heteroatoms. The summed E-state index contributed by atoms with van der Waals surface area (Å²) in [5, 5.41) is 13.5. The molecular weight excluding hydrogens is 346 g/mol. The minimum atomic E-state index is -0.557. The van der Waals surface area contributed by atoms with Gasteiger partial charge in [-0.25, -0.2) is 4.98 Å². The van der Waals surface area contributed by atoms with Gasteiger partial charge < -0.3 is 15.0 Å². The number of imidazole rings is 1. The van der Waals surface area contributed by atoms with Gasteiger partial charge in [0.15, 0.2) is 0 Å². The van der Waals surface area contributed by atoms with Crippen molar-refractivity contribution >= 4 is 5.70 Å². The molecular formula is C24H31N3O. The predicted molar refractivity (Wildman–Crippen MR) is 117 cm³/mol. The molecule has 28 heavy (non-hydrogen) atoms. The molecule has 0 saturated heterocycles. The third-order valence-electron chi connectivity index (χ3n) is 5.53. The summed E-state index contributed by atoms with van der Waals surface area (Å²) in [5.41, 5.74) is 5.75. The number of rotatable bonds is 6. The Hall–Kier alpha value is -2.43. The lowest BCUT2D eigenvalue weighted by Gasteiger charge is -2.32. The van der Waals surface area contributed by atoms with Crippen molar-refractivity contribution in [3.05, 3.63) is 72.2 Å². The highest BCUT2D eigenvalue weighted by Gasteiger charge is 2.26. The van der Waals surface area contributed by atoms with Gasteiger partial charge in [-0.1, -0.05) is 54.5 Å². The molecule has 0 fully saturated rings. The topological polar surface area (TPSA) is 50.1 Å². The SMILES string of the molecule is C=CC(O)C(C)NC1C(C)=CC(n2cc(-c3ccc(C)cc3)nc2C)=CC1C. The van der Waals surface area contributed by atoms with Gasteiger partial charge >= 0.3 is 0 Å². The van der Waals surface area contributed by atoms with E-state index in [0.29, 0.717) is 5.92 Å². The molecule has 0 amide bonds. The third kappa shape index (κ3) is 4.18. The number of aromatic nitrogens is 2. The number of nitrogens with one attached hydrogen (secondary N) is 1. The Morgan fingerprint density at radius 3 is 2.50 bits per heavy atom. The van der Waals surface area contributed by atoms with Gasteiger partial charge in [-0.15, -0.1) is 6.58 Å². The fourth-order valence-electron chi connectivity index (χ4n) is 3.77. The number of aliphatic hydroxyl groups excluding tert-OH is 1. The smallest absolute Gasteiger partial charge is 0.110 e. The van der Waals surface area contributed by atoms with E-state index in [1.165, 1.54) is 11.1 Å². The van der Waals surface area contributed by atoms with Crippen molar-refractivity contribution < 1.29 is 5.11 Å². The first-order chi connectivity index (χ1) is 13.3. The Morgan fingerprint density at radius 2 is 1.89 bits per heavy atom. The maximum Gasteiger partial charge on any atom is 0.110 e. The molecule has 0 aliphatic heterocycles. The van der Waals surface area contributed by atoms with E-state index in [1.54, 1.807) is 6.08 Å². The second-order valence-electron chi connectivity index (χ2n) is 7.91. The van der Waals surface area contributed by atoms with Crippen LogP contribution in [-0.2, 0) is 0 Å². The van der Waals surface area contributed by atoms with Crippen LogP contribution < -0.4 is 5.32 Å². The summed E-state index contributed by atoms with van der Waals surface area (Å²) in [4.78, 5) is 4.77. The number of allylic oxidation sites excluding steroid dienone is 2. The summed E-state index contributed by atoms with van der Waals surface area (Å²) in [7, 11) is 0. The van der Waals surface area contributed by atoms with Gasteiger partial charge in [0.1, 0.15) is 5.82 Å². The number of hydrogen-bond donors (Lipinski definition) is 2. The highest BCUT2D eigenvalue weighted by atomic mass is 16.3. The largest absolute Gasteiger partial charge is 0.387 e. The standard InChI is InChI=1S/C24H31N3O/c1-7-23(28)18(5)25-24-16(3)12-21(13-17(24)4)27-14-22(26-19(27)6)20-10-8-15(2)9-11-20/h7-14,16,18,23-25,28H,1H2,2-6H3. The molecule has 0 bridgehead atoms. The maximum atomic E-state index is 10.00. The van der Waals surface area contributed by atoms with E-state index in [4.69, 9.17) is 4.98 Å². The van der Waals surface area contributed by atoms with Crippen LogP contribution >= 0.6 is 0 Å². The first-order valence-electron chi connectivity index (χ1n) is 9.90. The number of aryl methyl sites for hydroxylation is 2. The average Bonchev–Trinajstić information content (AvgIpc) is 3.05. The third-order valence-corrected chi connectivity index (χ3v) is 5.53. The Kier molecular flexibility index (Phi) is 6.01. The van der Waals surface area contributed by atoms with E-state index in [0.717, 1.165) is 22.8 Å². The van der Waals surface area contributed by atoms with Crippen LogP contribution in [-0.4, -0.2) is 32.8 Å². The van der Waals surface area contributed by atoms with Crippen molar-refractivity contribution in [1.29, 1.82) is 0 Å². The van der Waals surface area contributed by atoms with Gasteiger partial charge in [-0.2, -0.15) is 0 Å². The van der Waals surface area contributed by atoms with Crippen molar-refractivity contribution in [2.45, 2.75) is 52.8 Å². The van der Waals surface area contributed by atoms with Gasteiger partial charge in [-0.3, -0.25) is 0 Å². The fourth-order valence-corrected chi connectivity index (χ4v) is 3.77. The minimum Gasteiger partial charge on any atom is -0.387 e. The first-order valence-corrected chi connectivity index (χ1v) is 9.90. The molecule has 2 aromatic rings. The fraction of sp³-hybridized carbons (Fsp3) is 0.375. The zero-order valence-electron chi connectivity index (χ0n) is 17.5. The lowest BCUT2D eigenvalue weighted by molar-refractivity contribution is 0.171. The van der Waals surface area contributed by atoms with Gasteiger partial charge in [0.25, 0.3) is 0 Å². The quantitative estimate of drug-likeness (QED) is 0.729. The molecule has 1 aromatic carbocycles. The summed E-state index contributed by atoms with van der Waals surface area (Å²) in [5.74, 6) is 1.27. The van der Waals surface area contributed by atoms with E-state index < -0.39 is 6.10 Å². The Labute approximate surface area is 168 Å². The maximum absolute atomic E-state index is 10.00. The summed E-state index contributed by atoms with van der Waals surface area (Å²) in [6.45, 7) is 14.1. The molecule has 2 N–H and O–H groups in total. The predicted octanol–water partition coefficient (Wildman–Crippen LogP) is 4.50. The molecule has 4 atom stereocenters. The number of hydrogen-bond acceptors (Lipinski definition) is 3. The van der Waals surface area contributed by atoms with Crippen LogP contribution in [0, 0.1) is 19.8 Å². The molecule has 1 aromatic heterocycles. The minimum absolute atomic E-state index is 0.0497. The van der Waals surface area contributed by atoms with E-state index in [1.807, 2.05) is 13.8 Å². The molecule has 1 heterocycles. The molecule has 0 saturated carbocycles. The highest BCUT2D eigenvalue weighted by molar-refractivity contribution is 5.66. The lowest BCUT2D eigenvalue weighted by atomic mass is 9.88. The van der Waals surface area contributed by atoms with Crippen LogP contribution in [0.15, 0.2) is 60.8 Å². The monoisotopic (exact) mass is 377 g/mol. The summed E-state index contributed by atoms with van der Waals surface area (Å²) >= 11 is 0. The Bertz CT molecular complexity index is 904. The first kappa shape index (κ1) is 20.3. The molecule has 4 nitrogen and oxygen atoms in total. The van der Waals surface area contributed by atoms with Crippen molar-refractivity contribution in [2.24, 2.45) is 5.92 Å². The van der Waals surface area contributed by atoms with Crippen LogP contribution in [0.2, 0.25) is 0 Å². The average molecular weight is 378 g/mol. The summed E-state index contributed by atoms with van der Waals surface area (Å²) in [6.07, 6.45) is 7.61. The van der Waals surface area contributed by atoms with Crippen LogP contribution in [0.25, 0.3) is 17.0 Å². The van der Waals surface area contributed by atoms with Gasteiger partial charge in [0.2, 0.25) is 0 Å². The zero-order valence-corrected chi connectivity index (χ0v) is 17.5. The van der Waals surface area contributed by atoms with E-state index in [-0.39, 0.29) is 12.1 Å². The van der Waals surface area contributed by atoms with Crippen LogP contribution in [0.3, 0.4) is 0 Å². The zero-order chi connectivity index (χ0) is 20.4. The van der Waals surface area contributed by atoms with Gasteiger partial charge in [0.05, 0.1) is 11.8 Å². The van der Waals surface area contributed by atoms with Gasteiger partial charge in [0, 0.05) is 29.5 Å². The van der Waals surface area contributed by atoms with Crippen molar-refractivity contribution in [1.82, 2.24) is 14.9 Å². The molecule has 1 aliphatic carbocycles. The number of nitrogens with zero attached hydrogens (tertiary/aromatic N) is 2. The summed E-state index contributed by atoms with van der Waals surface area (Å²) in [6, 6.07) is 8.61. The Balaban J connectivity index is 1.84. The normalized spacial score (nSPS) is 21.6. The molecule has 0 spiro atoms. The van der Waals surface area contributed by atoms with Crippen LogP contribution in [0.5, 0.6) is 0 Å². The van der Waals surface area contributed by atoms with Crippen molar-refractivity contribution in [3.63, 3.8) is 0 Å². The second-order valence-corrected chi connectivity index (χ2v) is 7.91. The molecule has 3 rings (SSSR count). The Morgan fingerprint density at radius 1 is 1.21 bits per heavy atom. The number of benzene rings is 1. The second kappa shape index (κ2) is 8.29. The van der Waals surface area contributed by atoms with Crippen molar-refractivity contribution in [2.75, 3.05) is 0 Å². The molecule has 0 radical (unpaired) electrons. The number of aliphatic hydroxyl groups is 1. The van der Waals surface area contributed by atoms with Crippen LogP contribution in [0.1, 0.15) is 32.2 Å². The molecule has 4 unspecified atom stereocenters. The van der Waals surface area contributed by atoms with Crippen molar-refractivity contribution in [3.8, 4) is 11.3 Å². The van der Waals surface area contributed by atoms with Crippen LogP contribution in [0.4, 0.5) is 0 Å². The lowest BCUT2D eigenvalue weighted by Crippen LogP contribution is -2.46. The summed E-state index contributed by atoms with van der Waals surface area (Å²) < 4.78 is 2.16. The van der Waals surface area contributed by atoms with E-state index >= 15 is 0 Å². The molecule has 1 aliphatic rings.